The van der Waals surface area contributed by atoms with Crippen LogP contribution in [0.2, 0.25) is 0 Å². The summed E-state index contributed by atoms with van der Waals surface area (Å²) in [6, 6.07) is 14.9. The number of para-hydroxylation sites is 2. The van der Waals surface area contributed by atoms with Gasteiger partial charge in [0.2, 0.25) is 0 Å². The van der Waals surface area contributed by atoms with Crippen molar-refractivity contribution in [2.45, 2.75) is 40.5 Å². The Bertz CT molecular complexity index is 706. The molecule has 0 amide bonds. The maximum Gasteiger partial charge on any atom is 0.519 e. The van der Waals surface area contributed by atoms with Crippen LogP contribution < -0.4 is 9.47 Å². The second kappa shape index (κ2) is 13.0. The van der Waals surface area contributed by atoms with Crippen molar-refractivity contribution in [3.8, 4) is 11.5 Å². The first-order valence-corrected chi connectivity index (χ1v) is 10.7. The van der Waals surface area contributed by atoms with Gasteiger partial charge in [0.25, 0.3) is 0 Å². The Kier molecular flexibility index (Phi) is 10.4. The highest BCUT2D eigenvalue weighted by molar-refractivity contribution is 5.68. The second-order valence-corrected chi connectivity index (χ2v) is 8.11. The van der Waals surface area contributed by atoms with Gasteiger partial charge in [-0.3, -0.25) is 0 Å². The molecule has 0 N–H and O–H groups in total. The lowest BCUT2D eigenvalue weighted by Gasteiger charge is -2.13. The molecule has 0 radical (unpaired) electrons. The Balaban J connectivity index is 1.92. The van der Waals surface area contributed by atoms with E-state index in [4.69, 9.17) is 18.9 Å². The average molecular weight is 415 g/mol. The summed E-state index contributed by atoms with van der Waals surface area (Å²) < 4.78 is 22.3. The SMILES string of the molecule is CC(C)COCCc1ccccc1OC(=O)Oc1ccccc1CCOCC(C)C. The molecule has 0 saturated heterocycles. The fourth-order valence-electron chi connectivity index (χ4n) is 2.82. The fraction of sp³-hybridized carbons (Fsp3) is 0.480. The molecule has 0 aromatic heterocycles. The summed E-state index contributed by atoms with van der Waals surface area (Å²) >= 11 is 0. The van der Waals surface area contributed by atoms with E-state index < -0.39 is 6.16 Å². The molecule has 164 valence electrons. The van der Waals surface area contributed by atoms with Gasteiger partial charge in [-0.05, 0) is 47.9 Å². The topological polar surface area (TPSA) is 54.0 Å². The summed E-state index contributed by atoms with van der Waals surface area (Å²) in [5, 5.41) is 0. The van der Waals surface area contributed by atoms with Gasteiger partial charge in [-0.25, -0.2) is 4.79 Å². The van der Waals surface area contributed by atoms with Gasteiger partial charge in [-0.15, -0.1) is 0 Å². The van der Waals surface area contributed by atoms with E-state index in [1.54, 1.807) is 12.1 Å². The molecule has 0 fully saturated rings. The van der Waals surface area contributed by atoms with Gasteiger partial charge in [0.15, 0.2) is 0 Å². The van der Waals surface area contributed by atoms with Gasteiger partial charge in [0.05, 0.1) is 13.2 Å². The molecule has 0 atom stereocenters. The predicted octanol–water partition coefficient (Wildman–Crippen LogP) is 5.69. The molecule has 0 bridgehead atoms. The van der Waals surface area contributed by atoms with Crippen LogP contribution in [0.4, 0.5) is 4.79 Å². The zero-order valence-corrected chi connectivity index (χ0v) is 18.6. The average Bonchev–Trinajstić information content (AvgIpc) is 2.70. The minimum atomic E-state index is -0.749. The molecule has 0 saturated carbocycles. The van der Waals surface area contributed by atoms with Crippen LogP contribution in [0.1, 0.15) is 38.8 Å². The third kappa shape index (κ3) is 8.97. The number of hydrogen-bond donors (Lipinski definition) is 0. The lowest BCUT2D eigenvalue weighted by Crippen LogP contribution is -2.16. The summed E-state index contributed by atoms with van der Waals surface area (Å²) in [7, 11) is 0. The van der Waals surface area contributed by atoms with E-state index in [1.807, 2.05) is 36.4 Å². The van der Waals surface area contributed by atoms with E-state index in [1.165, 1.54) is 0 Å². The molecule has 30 heavy (non-hydrogen) atoms. The van der Waals surface area contributed by atoms with E-state index in [0.717, 1.165) is 11.1 Å². The minimum absolute atomic E-state index is 0.488. The molecule has 5 heteroatoms. The van der Waals surface area contributed by atoms with Crippen molar-refractivity contribution >= 4 is 6.16 Å². The lowest BCUT2D eigenvalue weighted by molar-refractivity contribution is 0.111. The van der Waals surface area contributed by atoms with E-state index in [-0.39, 0.29) is 0 Å². The van der Waals surface area contributed by atoms with Crippen LogP contribution in [-0.2, 0) is 22.3 Å². The Morgan fingerprint density at radius 2 is 1.10 bits per heavy atom. The minimum Gasteiger partial charge on any atom is -0.394 e. The van der Waals surface area contributed by atoms with Crippen molar-refractivity contribution in [3.63, 3.8) is 0 Å². The van der Waals surface area contributed by atoms with Crippen LogP contribution in [0.5, 0.6) is 11.5 Å². The molecule has 5 nitrogen and oxygen atoms in total. The third-order valence-electron chi connectivity index (χ3n) is 4.27. The summed E-state index contributed by atoms with van der Waals surface area (Å²) in [4.78, 5) is 12.4. The number of carbonyl (C=O) groups excluding carboxylic acids is 1. The Labute approximate surface area is 180 Å². The highest BCUT2D eigenvalue weighted by Crippen LogP contribution is 2.22. The van der Waals surface area contributed by atoms with Crippen LogP contribution in [0, 0.1) is 11.8 Å². The van der Waals surface area contributed by atoms with Gasteiger partial charge in [0.1, 0.15) is 11.5 Å². The molecule has 0 unspecified atom stereocenters. The summed E-state index contributed by atoms with van der Waals surface area (Å²) in [6.07, 6.45) is 0.584. The maximum atomic E-state index is 12.4. The monoisotopic (exact) mass is 414 g/mol. The van der Waals surface area contributed by atoms with Crippen molar-refractivity contribution in [1.82, 2.24) is 0 Å². The van der Waals surface area contributed by atoms with E-state index >= 15 is 0 Å². The first-order valence-electron chi connectivity index (χ1n) is 10.7. The zero-order valence-electron chi connectivity index (χ0n) is 18.6. The summed E-state index contributed by atoms with van der Waals surface area (Å²) in [5.74, 6) is 1.96. The van der Waals surface area contributed by atoms with Crippen molar-refractivity contribution in [3.05, 3.63) is 59.7 Å². The van der Waals surface area contributed by atoms with Gasteiger partial charge >= 0.3 is 6.16 Å². The Hall–Kier alpha value is -2.37. The molecule has 0 spiro atoms. The Morgan fingerprint density at radius 3 is 1.50 bits per heavy atom. The van der Waals surface area contributed by atoms with Crippen LogP contribution in [0.3, 0.4) is 0 Å². The highest BCUT2D eigenvalue weighted by atomic mass is 16.7. The van der Waals surface area contributed by atoms with Crippen molar-refractivity contribution < 1.29 is 23.7 Å². The molecule has 2 rings (SSSR count). The third-order valence-corrected chi connectivity index (χ3v) is 4.27. The van der Waals surface area contributed by atoms with Crippen LogP contribution in [0.25, 0.3) is 0 Å². The van der Waals surface area contributed by atoms with Crippen LogP contribution in [0.15, 0.2) is 48.5 Å². The quantitative estimate of drug-likeness (QED) is 0.253. The molecule has 0 aliphatic rings. The number of rotatable bonds is 12. The molecule has 2 aromatic rings. The highest BCUT2D eigenvalue weighted by Gasteiger charge is 2.14. The molecular formula is C25H34O5. The van der Waals surface area contributed by atoms with E-state index in [0.29, 0.717) is 62.6 Å². The number of hydrogen-bond acceptors (Lipinski definition) is 5. The fourth-order valence-corrected chi connectivity index (χ4v) is 2.82. The van der Waals surface area contributed by atoms with Crippen molar-refractivity contribution in [2.24, 2.45) is 11.8 Å². The summed E-state index contributed by atoms with van der Waals surface area (Å²) in [5.41, 5.74) is 1.82. The van der Waals surface area contributed by atoms with Gasteiger partial charge in [-0.1, -0.05) is 64.1 Å². The normalized spacial score (nSPS) is 11.1. The largest absolute Gasteiger partial charge is 0.519 e. The molecular weight excluding hydrogens is 380 g/mol. The van der Waals surface area contributed by atoms with Crippen LogP contribution in [-0.4, -0.2) is 32.6 Å². The van der Waals surface area contributed by atoms with Crippen LogP contribution >= 0.6 is 0 Å². The van der Waals surface area contributed by atoms with Crippen molar-refractivity contribution in [2.75, 3.05) is 26.4 Å². The van der Waals surface area contributed by atoms with Crippen molar-refractivity contribution in [1.29, 1.82) is 0 Å². The zero-order chi connectivity index (χ0) is 21.8. The smallest absolute Gasteiger partial charge is 0.394 e. The predicted molar refractivity (Wildman–Crippen MR) is 118 cm³/mol. The standard InChI is InChI=1S/C25H34O5/c1-19(2)17-27-15-13-21-9-5-7-11-23(21)29-25(26)30-24-12-8-6-10-22(24)14-16-28-18-20(3)4/h5-12,19-20H,13-18H2,1-4H3. The summed E-state index contributed by atoms with van der Waals surface area (Å²) in [6.45, 7) is 11.0. The van der Waals surface area contributed by atoms with Gasteiger partial charge in [-0.2, -0.15) is 0 Å². The second-order valence-electron chi connectivity index (χ2n) is 8.11. The lowest BCUT2D eigenvalue weighted by atomic mass is 10.1. The first-order chi connectivity index (χ1) is 14.5. The Morgan fingerprint density at radius 1 is 0.700 bits per heavy atom. The molecule has 0 aliphatic carbocycles. The molecule has 2 aromatic carbocycles. The van der Waals surface area contributed by atoms with E-state index in [9.17, 15) is 4.79 Å². The molecule has 0 heterocycles. The van der Waals surface area contributed by atoms with Gasteiger partial charge in [0, 0.05) is 13.2 Å². The number of carbonyl (C=O) groups is 1. The number of benzene rings is 2. The first kappa shape index (κ1) is 23.9. The van der Waals surface area contributed by atoms with Gasteiger partial charge < -0.3 is 18.9 Å². The number of ether oxygens (including phenoxy) is 4. The molecule has 0 aliphatic heterocycles. The maximum absolute atomic E-state index is 12.4. The van der Waals surface area contributed by atoms with E-state index in [2.05, 4.69) is 27.7 Å².